The molecule has 170 valence electrons. The number of hydrogen-bond acceptors (Lipinski definition) is 7. The van der Waals surface area contributed by atoms with Gasteiger partial charge in [-0.2, -0.15) is 5.21 Å². The number of phenols is 1. The molecule has 4 atom stereocenters. The SMILES string of the molecule is N[C@@H](C(=O)N1[C@H](C(=O)NCc2cc(Cl)ccc2-c2nn[nH]n2)C[C@@H]2C[C@@H]21)c1ccc(O)cc1. The lowest BCUT2D eigenvalue weighted by atomic mass is 10.0. The fourth-order valence-electron chi connectivity index (χ4n) is 4.50. The fraction of sp³-hybridized carbons (Fsp3) is 0.318. The van der Waals surface area contributed by atoms with E-state index in [2.05, 4.69) is 25.9 Å². The van der Waals surface area contributed by atoms with E-state index in [1.165, 1.54) is 12.1 Å². The number of halogens is 1. The topological polar surface area (TPSA) is 150 Å². The zero-order valence-corrected chi connectivity index (χ0v) is 18.2. The lowest BCUT2D eigenvalue weighted by Gasteiger charge is -2.29. The van der Waals surface area contributed by atoms with Gasteiger partial charge in [-0.25, -0.2) is 0 Å². The van der Waals surface area contributed by atoms with Gasteiger partial charge in [-0.05, 0) is 65.4 Å². The highest BCUT2D eigenvalue weighted by molar-refractivity contribution is 6.30. The molecule has 5 N–H and O–H groups in total. The molecule has 10 nitrogen and oxygen atoms in total. The maximum atomic E-state index is 13.2. The number of benzene rings is 2. The molecule has 0 spiro atoms. The molecule has 2 aliphatic rings. The van der Waals surface area contributed by atoms with Gasteiger partial charge in [0.25, 0.3) is 0 Å². The van der Waals surface area contributed by atoms with Gasteiger partial charge in [-0.3, -0.25) is 9.59 Å². The first-order chi connectivity index (χ1) is 15.9. The summed E-state index contributed by atoms with van der Waals surface area (Å²) < 4.78 is 0. The van der Waals surface area contributed by atoms with Crippen molar-refractivity contribution < 1.29 is 14.7 Å². The lowest BCUT2D eigenvalue weighted by Crippen LogP contribution is -2.50. The minimum absolute atomic E-state index is 0.0393. The molecule has 0 bridgehead atoms. The highest BCUT2D eigenvalue weighted by Gasteiger charge is 2.56. The number of tetrazole rings is 1. The molecule has 1 aliphatic heterocycles. The van der Waals surface area contributed by atoms with Crippen molar-refractivity contribution in [3.8, 4) is 17.1 Å². The summed E-state index contributed by atoms with van der Waals surface area (Å²) in [6, 6.07) is 9.99. The summed E-state index contributed by atoms with van der Waals surface area (Å²) >= 11 is 6.15. The Hall–Kier alpha value is -3.50. The third-order valence-corrected chi connectivity index (χ3v) is 6.52. The minimum atomic E-state index is -0.905. The number of hydrogen-bond donors (Lipinski definition) is 4. The van der Waals surface area contributed by atoms with Crippen LogP contribution in [0.25, 0.3) is 11.4 Å². The third-order valence-electron chi connectivity index (χ3n) is 6.29. The van der Waals surface area contributed by atoms with Gasteiger partial charge < -0.3 is 21.1 Å². The molecule has 1 saturated heterocycles. The number of likely N-dealkylation sites (tertiary alicyclic amines) is 1. The van der Waals surface area contributed by atoms with Crippen LogP contribution in [0.15, 0.2) is 42.5 Å². The molecule has 2 fully saturated rings. The quantitative estimate of drug-likeness (QED) is 0.429. The molecular weight excluding hydrogens is 446 g/mol. The normalized spacial score (nSPS) is 22.0. The maximum absolute atomic E-state index is 13.2. The first-order valence-electron chi connectivity index (χ1n) is 10.6. The number of nitrogens with one attached hydrogen (secondary N) is 2. The number of fused-ring (bicyclic) bond motifs is 1. The van der Waals surface area contributed by atoms with Crippen molar-refractivity contribution in [3.63, 3.8) is 0 Å². The zero-order valence-electron chi connectivity index (χ0n) is 17.5. The van der Waals surface area contributed by atoms with Crippen molar-refractivity contribution in [1.29, 1.82) is 0 Å². The highest BCUT2D eigenvalue weighted by Crippen LogP contribution is 2.48. The summed E-state index contributed by atoms with van der Waals surface area (Å²) in [6.45, 7) is 0.196. The predicted octanol–water partition coefficient (Wildman–Crippen LogP) is 1.53. The van der Waals surface area contributed by atoms with E-state index in [-0.39, 0.29) is 30.2 Å². The summed E-state index contributed by atoms with van der Waals surface area (Å²) in [5, 5.41) is 26.9. The number of carbonyl (C=O) groups is 2. The second kappa shape index (κ2) is 8.45. The summed E-state index contributed by atoms with van der Waals surface area (Å²) in [5.41, 5.74) is 8.25. The third kappa shape index (κ3) is 4.14. The number of aromatic amines is 1. The van der Waals surface area contributed by atoms with Crippen LogP contribution >= 0.6 is 11.6 Å². The maximum Gasteiger partial charge on any atom is 0.245 e. The Morgan fingerprint density at radius 2 is 2.03 bits per heavy atom. The Balaban J connectivity index is 1.30. The van der Waals surface area contributed by atoms with Crippen LogP contribution in [0.4, 0.5) is 0 Å². The van der Waals surface area contributed by atoms with Gasteiger partial charge in [-0.15, -0.1) is 10.2 Å². The monoisotopic (exact) mass is 467 g/mol. The van der Waals surface area contributed by atoms with Gasteiger partial charge in [-0.1, -0.05) is 23.7 Å². The molecule has 1 aromatic heterocycles. The van der Waals surface area contributed by atoms with Crippen LogP contribution in [0.3, 0.4) is 0 Å². The molecule has 2 heterocycles. The minimum Gasteiger partial charge on any atom is -0.508 e. The van der Waals surface area contributed by atoms with Crippen molar-refractivity contribution in [2.24, 2.45) is 11.7 Å². The Bertz CT molecular complexity index is 1190. The molecule has 11 heteroatoms. The molecular formula is C22H22ClN7O3. The second-order valence-electron chi connectivity index (χ2n) is 8.38. The van der Waals surface area contributed by atoms with E-state index in [4.69, 9.17) is 17.3 Å². The smallest absolute Gasteiger partial charge is 0.245 e. The first kappa shape index (κ1) is 21.4. The Morgan fingerprint density at radius 3 is 2.76 bits per heavy atom. The average Bonchev–Trinajstić information content (AvgIpc) is 3.21. The van der Waals surface area contributed by atoms with Gasteiger partial charge in [0.15, 0.2) is 0 Å². The van der Waals surface area contributed by atoms with Crippen LogP contribution in [0.5, 0.6) is 5.75 Å². The number of amides is 2. The number of nitrogens with two attached hydrogens (primary N) is 1. The van der Waals surface area contributed by atoms with Gasteiger partial charge in [0.05, 0.1) is 0 Å². The lowest BCUT2D eigenvalue weighted by molar-refractivity contribution is -0.140. The number of carbonyl (C=O) groups excluding carboxylic acids is 2. The van der Waals surface area contributed by atoms with Crippen LogP contribution in [-0.4, -0.2) is 54.5 Å². The van der Waals surface area contributed by atoms with Crippen molar-refractivity contribution in [2.75, 3.05) is 0 Å². The van der Waals surface area contributed by atoms with Crippen LogP contribution < -0.4 is 11.1 Å². The average molecular weight is 468 g/mol. The van der Waals surface area contributed by atoms with Crippen LogP contribution in [0.2, 0.25) is 5.02 Å². The van der Waals surface area contributed by atoms with Crippen molar-refractivity contribution in [1.82, 2.24) is 30.8 Å². The number of phenolic OH excluding ortho intramolecular Hbond substituents is 1. The van der Waals surface area contributed by atoms with E-state index in [1.807, 2.05) is 0 Å². The largest absolute Gasteiger partial charge is 0.508 e. The predicted molar refractivity (Wildman–Crippen MR) is 119 cm³/mol. The summed E-state index contributed by atoms with van der Waals surface area (Å²) in [6.07, 6.45) is 1.49. The molecule has 2 aromatic carbocycles. The molecule has 0 unspecified atom stereocenters. The van der Waals surface area contributed by atoms with E-state index in [0.717, 1.165) is 12.0 Å². The number of rotatable bonds is 6. The van der Waals surface area contributed by atoms with Crippen LogP contribution in [-0.2, 0) is 16.1 Å². The summed E-state index contributed by atoms with van der Waals surface area (Å²) in [5.74, 6) is 0.279. The van der Waals surface area contributed by atoms with E-state index < -0.39 is 12.1 Å². The Morgan fingerprint density at radius 1 is 1.24 bits per heavy atom. The van der Waals surface area contributed by atoms with Gasteiger partial charge >= 0.3 is 0 Å². The molecule has 3 aromatic rings. The molecule has 2 amide bonds. The first-order valence-corrected chi connectivity index (χ1v) is 11.0. The van der Waals surface area contributed by atoms with Gasteiger partial charge in [0.2, 0.25) is 17.6 Å². The standard InChI is InChI=1S/C22H22ClN7O3/c23-14-3-6-16(20-26-28-29-27-20)13(7-14)10-25-21(32)18-9-12-8-17(12)30(18)22(33)19(24)11-1-4-15(31)5-2-11/h1-7,12,17-19,31H,8-10,24H2,(H,25,32)(H,26,27,28,29)/t12-,17-,18-,19+/m0/s1. The fourth-order valence-corrected chi connectivity index (χ4v) is 4.69. The second-order valence-corrected chi connectivity index (χ2v) is 8.82. The van der Waals surface area contributed by atoms with Crippen molar-refractivity contribution in [3.05, 3.63) is 58.6 Å². The van der Waals surface area contributed by atoms with E-state index >= 15 is 0 Å². The van der Waals surface area contributed by atoms with E-state index in [0.29, 0.717) is 34.3 Å². The number of piperidine rings is 1. The zero-order chi connectivity index (χ0) is 23.1. The summed E-state index contributed by atoms with van der Waals surface area (Å²) in [7, 11) is 0. The molecule has 5 rings (SSSR count). The van der Waals surface area contributed by atoms with Crippen LogP contribution in [0, 0.1) is 5.92 Å². The number of nitrogens with zero attached hydrogens (tertiary/aromatic N) is 4. The van der Waals surface area contributed by atoms with Gasteiger partial charge in [0, 0.05) is 23.2 Å². The van der Waals surface area contributed by atoms with E-state index in [1.54, 1.807) is 35.2 Å². The summed E-state index contributed by atoms with van der Waals surface area (Å²) in [4.78, 5) is 28.0. The number of H-pyrrole nitrogens is 1. The Labute approximate surface area is 194 Å². The molecule has 33 heavy (non-hydrogen) atoms. The van der Waals surface area contributed by atoms with E-state index in [9.17, 15) is 14.7 Å². The van der Waals surface area contributed by atoms with Crippen molar-refractivity contribution >= 4 is 23.4 Å². The van der Waals surface area contributed by atoms with Gasteiger partial charge in [0.1, 0.15) is 17.8 Å². The Kier molecular flexibility index (Phi) is 5.47. The number of aromatic hydroxyl groups is 1. The van der Waals surface area contributed by atoms with Crippen molar-refractivity contribution in [2.45, 2.75) is 37.5 Å². The number of aromatic nitrogens is 4. The highest BCUT2D eigenvalue weighted by atomic mass is 35.5. The van der Waals surface area contributed by atoms with Crippen LogP contribution in [0.1, 0.15) is 30.0 Å². The molecule has 1 aliphatic carbocycles. The molecule has 0 radical (unpaired) electrons. The molecule has 1 saturated carbocycles.